The van der Waals surface area contributed by atoms with Crippen LogP contribution in [0.1, 0.15) is 17.3 Å². The minimum absolute atomic E-state index is 0.0408. The molecule has 0 atom stereocenters. The zero-order valence-electron chi connectivity index (χ0n) is 7.51. The molecule has 0 unspecified atom stereocenters. The van der Waals surface area contributed by atoms with Crippen LogP contribution >= 0.6 is 11.6 Å². The van der Waals surface area contributed by atoms with Crippen LogP contribution in [-0.2, 0) is 4.74 Å². The molecule has 1 aromatic carbocycles. The van der Waals surface area contributed by atoms with Crippen molar-refractivity contribution < 1.29 is 13.9 Å². The van der Waals surface area contributed by atoms with Gasteiger partial charge in [-0.2, -0.15) is 0 Å². The number of esters is 1. The number of anilines is 1. The van der Waals surface area contributed by atoms with Crippen molar-refractivity contribution in [2.45, 2.75) is 6.92 Å². The van der Waals surface area contributed by atoms with Crippen LogP contribution in [0.25, 0.3) is 0 Å². The lowest BCUT2D eigenvalue weighted by atomic mass is 10.2. The summed E-state index contributed by atoms with van der Waals surface area (Å²) >= 11 is 5.64. The molecule has 0 saturated heterocycles. The summed E-state index contributed by atoms with van der Waals surface area (Å²) < 4.78 is 17.8. The Hall–Kier alpha value is -1.29. The fourth-order valence-electron chi connectivity index (χ4n) is 0.991. The second kappa shape index (κ2) is 4.28. The van der Waals surface area contributed by atoms with Gasteiger partial charge in [-0.25, -0.2) is 9.18 Å². The number of carbonyl (C=O) groups excluding carboxylic acids is 1. The van der Waals surface area contributed by atoms with Gasteiger partial charge in [0.1, 0.15) is 11.4 Å². The van der Waals surface area contributed by atoms with E-state index >= 15 is 0 Å². The normalized spacial score (nSPS) is 9.93. The topological polar surface area (TPSA) is 52.3 Å². The van der Waals surface area contributed by atoms with E-state index in [1.54, 1.807) is 6.92 Å². The van der Waals surface area contributed by atoms with Gasteiger partial charge in [0.2, 0.25) is 0 Å². The Labute approximate surface area is 85.6 Å². The molecule has 0 aliphatic heterocycles. The highest BCUT2D eigenvalue weighted by Crippen LogP contribution is 2.23. The van der Waals surface area contributed by atoms with Crippen molar-refractivity contribution in [3.63, 3.8) is 0 Å². The zero-order chi connectivity index (χ0) is 10.7. The molecule has 0 aromatic heterocycles. The van der Waals surface area contributed by atoms with Crippen molar-refractivity contribution in [2.75, 3.05) is 12.3 Å². The molecule has 76 valence electrons. The molecule has 0 fully saturated rings. The summed E-state index contributed by atoms with van der Waals surface area (Å²) in [6, 6.07) is 2.33. The number of nitrogen functional groups attached to an aromatic ring is 1. The van der Waals surface area contributed by atoms with Gasteiger partial charge < -0.3 is 10.5 Å². The highest BCUT2D eigenvalue weighted by atomic mass is 35.5. The average Bonchev–Trinajstić information content (AvgIpc) is 2.01. The quantitative estimate of drug-likeness (QED) is 0.611. The molecule has 0 spiro atoms. The summed E-state index contributed by atoms with van der Waals surface area (Å²) in [5.74, 6) is -1.55. The minimum Gasteiger partial charge on any atom is -0.462 e. The number of nitrogens with two attached hydrogens (primary N) is 1. The predicted octanol–water partition coefficient (Wildman–Crippen LogP) is 2.24. The van der Waals surface area contributed by atoms with Crippen LogP contribution in [0.5, 0.6) is 0 Å². The smallest absolute Gasteiger partial charge is 0.342 e. The number of rotatable bonds is 2. The fraction of sp³-hybridized carbons (Fsp3) is 0.222. The van der Waals surface area contributed by atoms with Crippen LogP contribution in [0.3, 0.4) is 0 Å². The van der Waals surface area contributed by atoms with E-state index in [2.05, 4.69) is 4.74 Å². The van der Waals surface area contributed by atoms with Crippen molar-refractivity contribution >= 4 is 23.3 Å². The van der Waals surface area contributed by atoms with Crippen LogP contribution in [0.15, 0.2) is 12.1 Å². The first kappa shape index (κ1) is 10.8. The third-order valence-electron chi connectivity index (χ3n) is 1.54. The van der Waals surface area contributed by atoms with Gasteiger partial charge in [-0.3, -0.25) is 0 Å². The Balaban J connectivity index is 3.14. The Morgan fingerprint density at radius 1 is 1.64 bits per heavy atom. The third kappa shape index (κ3) is 2.14. The molecule has 3 nitrogen and oxygen atoms in total. The second-order valence-electron chi connectivity index (χ2n) is 2.58. The third-order valence-corrected chi connectivity index (χ3v) is 1.84. The maximum atomic E-state index is 13.2. The molecule has 0 aliphatic carbocycles. The van der Waals surface area contributed by atoms with Crippen LogP contribution in [0.2, 0.25) is 5.02 Å². The molecule has 0 radical (unpaired) electrons. The summed E-state index contributed by atoms with van der Waals surface area (Å²) in [7, 11) is 0. The molecule has 2 N–H and O–H groups in total. The molecule has 0 aliphatic rings. The predicted molar refractivity (Wildman–Crippen MR) is 51.8 cm³/mol. The number of halogens is 2. The van der Waals surface area contributed by atoms with Gasteiger partial charge in [-0.1, -0.05) is 11.6 Å². The maximum Gasteiger partial charge on any atom is 0.342 e. The van der Waals surface area contributed by atoms with Crippen molar-refractivity contribution in [1.29, 1.82) is 0 Å². The molecule has 0 amide bonds. The summed E-state index contributed by atoms with van der Waals surface area (Å²) in [6.07, 6.45) is 0. The first-order chi connectivity index (χ1) is 6.56. The number of hydrogen-bond acceptors (Lipinski definition) is 3. The molecular formula is C9H9ClFNO2. The summed E-state index contributed by atoms with van der Waals surface area (Å²) in [5, 5.41) is -0.0408. The number of ether oxygens (including phenoxy) is 1. The highest BCUT2D eigenvalue weighted by molar-refractivity contribution is 6.33. The van der Waals surface area contributed by atoms with Gasteiger partial charge in [-0.05, 0) is 19.1 Å². The lowest BCUT2D eigenvalue weighted by molar-refractivity contribution is 0.0521. The van der Waals surface area contributed by atoms with E-state index in [0.29, 0.717) is 0 Å². The fourth-order valence-corrected chi connectivity index (χ4v) is 1.28. The van der Waals surface area contributed by atoms with Gasteiger partial charge in [0.05, 0.1) is 11.6 Å². The lowest BCUT2D eigenvalue weighted by Crippen LogP contribution is -2.08. The van der Waals surface area contributed by atoms with Crippen molar-refractivity contribution in [3.05, 3.63) is 28.5 Å². The average molecular weight is 218 g/mol. The Morgan fingerprint density at radius 3 is 2.79 bits per heavy atom. The van der Waals surface area contributed by atoms with E-state index in [9.17, 15) is 9.18 Å². The van der Waals surface area contributed by atoms with Gasteiger partial charge in [0, 0.05) is 5.69 Å². The van der Waals surface area contributed by atoms with E-state index in [1.165, 1.54) is 6.07 Å². The van der Waals surface area contributed by atoms with Gasteiger partial charge in [0.15, 0.2) is 0 Å². The van der Waals surface area contributed by atoms with E-state index in [0.717, 1.165) is 6.07 Å². The summed E-state index contributed by atoms with van der Waals surface area (Å²) in [5.41, 5.74) is 5.22. The number of carbonyl (C=O) groups is 1. The number of hydrogen-bond donors (Lipinski definition) is 1. The SMILES string of the molecule is CCOC(=O)c1c(F)cc(N)cc1Cl. The first-order valence-corrected chi connectivity index (χ1v) is 4.35. The molecule has 0 saturated carbocycles. The lowest BCUT2D eigenvalue weighted by Gasteiger charge is -2.05. The van der Waals surface area contributed by atoms with E-state index in [-0.39, 0.29) is 22.9 Å². The molecule has 14 heavy (non-hydrogen) atoms. The minimum atomic E-state index is -0.782. The van der Waals surface area contributed by atoms with E-state index < -0.39 is 11.8 Å². The van der Waals surface area contributed by atoms with Gasteiger partial charge in [0.25, 0.3) is 0 Å². The van der Waals surface area contributed by atoms with Crippen LogP contribution in [0, 0.1) is 5.82 Å². The molecule has 5 heteroatoms. The maximum absolute atomic E-state index is 13.2. The summed E-state index contributed by atoms with van der Waals surface area (Å²) in [4.78, 5) is 11.2. The molecule has 0 heterocycles. The standard InChI is InChI=1S/C9H9ClFNO2/c1-2-14-9(13)8-6(10)3-5(12)4-7(8)11/h3-4H,2,12H2,1H3. The Kier molecular flexibility index (Phi) is 3.30. The monoisotopic (exact) mass is 217 g/mol. The Morgan fingerprint density at radius 2 is 2.29 bits per heavy atom. The van der Waals surface area contributed by atoms with Crippen molar-refractivity contribution in [3.8, 4) is 0 Å². The Bertz CT molecular complexity index is 345. The van der Waals surface area contributed by atoms with E-state index in [1.807, 2.05) is 0 Å². The second-order valence-corrected chi connectivity index (χ2v) is 2.99. The van der Waals surface area contributed by atoms with Crippen molar-refractivity contribution in [1.82, 2.24) is 0 Å². The van der Waals surface area contributed by atoms with Crippen LogP contribution < -0.4 is 5.73 Å². The van der Waals surface area contributed by atoms with E-state index in [4.69, 9.17) is 17.3 Å². The van der Waals surface area contributed by atoms with Crippen LogP contribution in [-0.4, -0.2) is 12.6 Å². The highest BCUT2D eigenvalue weighted by Gasteiger charge is 2.17. The largest absolute Gasteiger partial charge is 0.462 e. The van der Waals surface area contributed by atoms with Gasteiger partial charge in [-0.15, -0.1) is 0 Å². The number of benzene rings is 1. The van der Waals surface area contributed by atoms with Crippen molar-refractivity contribution in [2.24, 2.45) is 0 Å². The van der Waals surface area contributed by atoms with Gasteiger partial charge >= 0.3 is 5.97 Å². The summed E-state index contributed by atoms with van der Waals surface area (Å²) in [6.45, 7) is 1.79. The zero-order valence-corrected chi connectivity index (χ0v) is 8.27. The molecule has 1 rings (SSSR count). The first-order valence-electron chi connectivity index (χ1n) is 3.98. The molecular weight excluding hydrogens is 209 g/mol. The molecule has 0 bridgehead atoms. The van der Waals surface area contributed by atoms with Crippen LogP contribution in [0.4, 0.5) is 10.1 Å². The molecule has 1 aromatic rings.